The minimum absolute atomic E-state index is 0.0809. The van der Waals surface area contributed by atoms with Crippen LogP contribution in [-0.2, 0) is 14.8 Å². The third kappa shape index (κ3) is 5.62. The van der Waals surface area contributed by atoms with E-state index in [4.69, 9.17) is 14.2 Å². The smallest absolute Gasteiger partial charge is 0.264 e. The van der Waals surface area contributed by atoms with E-state index in [0.29, 0.717) is 36.1 Å². The molecule has 4 aromatic rings. The van der Waals surface area contributed by atoms with Gasteiger partial charge < -0.3 is 19.5 Å². The summed E-state index contributed by atoms with van der Waals surface area (Å²) in [5.41, 5.74) is 0.302. The topological polar surface area (TPSA) is 94.2 Å². The summed E-state index contributed by atoms with van der Waals surface area (Å²) in [6.45, 7) is 0.819. The molecule has 190 valence electrons. The van der Waals surface area contributed by atoms with E-state index in [1.807, 2.05) is 42.5 Å². The molecule has 0 saturated carbocycles. The number of amides is 1. The van der Waals surface area contributed by atoms with Crippen molar-refractivity contribution in [1.82, 2.24) is 5.32 Å². The SMILES string of the molecule is O=C(CN(c1ccc2c(c1)OCCO2)S(=O)(=O)c1ccccc1)NCCOc1ccc2ccccc2c1. The molecule has 1 amide bonds. The van der Waals surface area contributed by atoms with Gasteiger partial charge in [-0.05, 0) is 47.2 Å². The van der Waals surface area contributed by atoms with Crippen molar-refractivity contribution in [2.45, 2.75) is 4.90 Å². The van der Waals surface area contributed by atoms with Crippen LogP contribution in [0.15, 0.2) is 95.9 Å². The van der Waals surface area contributed by atoms with Gasteiger partial charge in [0.15, 0.2) is 11.5 Å². The maximum absolute atomic E-state index is 13.5. The number of anilines is 1. The van der Waals surface area contributed by atoms with Crippen molar-refractivity contribution in [3.05, 3.63) is 91.0 Å². The highest BCUT2D eigenvalue weighted by atomic mass is 32.2. The Morgan fingerprint density at radius 2 is 1.57 bits per heavy atom. The highest BCUT2D eigenvalue weighted by Gasteiger charge is 2.28. The number of nitrogens with zero attached hydrogens (tertiary/aromatic N) is 1. The third-order valence-corrected chi connectivity index (χ3v) is 7.63. The summed E-state index contributed by atoms with van der Waals surface area (Å²) in [6.07, 6.45) is 0. The zero-order valence-corrected chi connectivity index (χ0v) is 20.8. The molecule has 1 N–H and O–H groups in total. The predicted molar refractivity (Wildman–Crippen MR) is 141 cm³/mol. The molecule has 0 saturated heterocycles. The molecule has 0 spiro atoms. The molecule has 0 atom stereocenters. The lowest BCUT2D eigenvalue weighted by Crippen LogP contribution is -2.42. The largest absolute Gasteiger partial charge is 0.492 e. The van der Waals surface area contributed by atoms with E-state index in [1.54, 1.807) is 36.4 Å². The number of carbonyl (C=O) groups excluding carboxylic acids is 1. The molecule has 0 radical (unpaired) electrons. The zero-order chi connectivity index (χ0) is 25.7. The van der Waals surface area contributed by atoms with Gasteiger partial charge in [0.25, 0.3) is 10.0 Å². The number of sulfonamides is 1. The number of hydrogen-bond donors (Lipinski definition) is 1. The molecule has 0 bridgehead atoms. The summed E-state index contributed by atoms with van der Waals surface area (Å²) >= 11 is 0. The number of carbonyl (C=O) groups is 1. The van der Waals surface area contributed by atoms with Crippen LogP contribution >= 0.6 is 0 Å². The summed E-state index contributed by atoms with van der Waals surface area (Å²) < 4.78 is 45.0. The van der Waals surface area contributed by atoms with Gasteiger partial charge in [0.2, 0.25) is 5.91 Å². The Balaban J connectivity index is 1.27. The van der Waals surface area contributed by atoms with Gasteiger partial charge in [-0.15, -0.1) is 0 Å². The van der Waals surface area contributed by atoms with Crippen molar-refractivity contribution in [3.8, 4) is 17.2 Å². The van der Waals surface area contributed by atoms with Crippen molar-refractivity contribution in [1.29, 1.82) is 0 Å². The normalized spacial score (nSPS) is 12.6. The summed E-state index contributed by atoms with van der Waals surface area (Å²) in [5.74, 6) is 1.19. The highest BCUT2D eigenvalue weighted by Crippen LogP contribution is 2.35. The van der Waals surface area contributed by atoms with Crippen LogP contribution in [0.3, 0.4) is 0 Å². The Hall–Kier alpha value is -4.24. The van der Waals surface area contributed by atoms with Crippen LogP contribution in [0.1, 0.15) is 0 Å². The van der Waals surface area contributed by atoms with Crippen molar-refractivity contribution in [3.63, 3.8) is 0 Å². The first-order chi connectivity index (χ1) is 18.0. The number of ether oxygens (including phenoxy) is 3. The summed E-state index contributed by atoms with van der Waals surface area (Å²) in [6, 6.07) is 26.6. The minimum Gasteiger partial charge on any atom is -0.492 e. The Labute approximate surface area is 215 Å². The van der Waals surface area contributed by atoms with Gasteiger partial charge in [0, 0.05) is 6.07 Å². The molecule has 1 aliphatic heterocycles. The lowest BCUT2D eigenvalue weighted by molar-refractivity contribution is -0.119. The maximum Gasteiger partial charge on any atom is 0.264 e. The van der Waals surface area contributed by atoms with Crippen molar-refractivity contribution < 1.29 is 27.4 Å². The van der Waals surface area contributed by atoms with Gasteiger partial charge in [-0.25, -0.2) is 8.42 Å². The van der Waals surface area contributed by atoms with Crippen LogP contribution < -0.4 is 23.8 Å². The molecule has 37 heavy (non-hydrogen) atoms. The van der Waals surface area contributed by atoms with E-state index < -0.39 is 22.5 Å². The van der Waals surface area contributed by atoms with Gasteiger partial charge in [-0.3, -0.25) is 9.10 Å². The Morgan fingerprint density at radius 1 is 0.838 bits per heavy atom. The Morgan fingerprint density at radius 3 is 2.38 bits per heavy atom. The molecular weight excluding hydrogens is 492 g/mol. The van der Waals surface area contributed by atoms with Crippen LogP contribution in [-0.4, -0.2) is 47.2 Å². The molecule has 0 aromatic heterocycles. The molecule has 0 fully saturated rings. The molecule has 9 heteroatoms. The van der Waals surface area contributed by atoms with Gasteiger partial charge in [0.05, 0.1) is 17.1 Å². The second-order valence-corrected chi connectivity index (χ2v) is 10.2. The van der Waals surface area contributed by atoms with Crippen LogP contribution in [0.2, 0.25) is 0 Å². The summed E-state index contributed by atoms with van der Waals surface area (Å²) in [7, 11) is -4.03. The molecule has 5 rings (SSSR count). The van der Waals surface area contributed by atoms with Crippen LogP contribution in [0.25, 0.3) is 10.8 Å². The van der Waals surface area contributed by atoms with Crippen LogP contribution in [0, 0.1) is 0 Å². The second kappa shape index (κ2) is 10.8. The lowest BCUT2D eigenvalue weighted by Gasteiger charge is -2.26. The van der Waals surface area contributed by atoms with Crippen molar-refractivity contribution in [2.75, 3.05) is 37.2 Å². The predicted octanol–water partition coefficient (Wildman–Crippen LogP) is 4.00. The van der Waals surface area contributed by atoms with E-state index in [2.05, 4.69) is 5.32 Å². The quantitative estimate of drug-likeness (QED) is 0.337. The molecule has 0 unspecified atom stereocenters. The van der Waals surface area contributed by atoms with Crippen molar-refractivity contribution in [2.24, 2.45) is 0 Å². The first kappa shape index (κ1) is 24.5. The lowest BCUT2D eigenvalue weighted by atomic mass is 10.1. The fourth-order valence-electron chi connectivity index (χ4n) is 4.02. The standard InChI is InChI=1S/C28H26N2O6S/c31-28(29-14-15-34-24-12-10-21-6-4-5-7-22(21)18-24)20-30(37(32,33)25-8-2-1-3-9-25)23-11-13-26-27(19-23)36-17-16-35-26/h1-13,18-19H,14-17,20H2,(H,29,31). The maximum atomic E-state index is 13.5. The number of fused-ring (bicyclic) bond motifs is 2. The van der Waals surface area contributed by atoms with Gasteiger partial charge in [-0.2, -0.15) is 0 Å². The van der Waals surface area contributed by atoms with E-state index in [0.717, 1.165) is 15.1 Å². The molecule has 4 aromatic carbocycles. The van der Waals surface area contributed by atoms with E-state index in [1.165, 1.54) is 12.1 Å². The number of benzene rings is 4. The average molecular weight is 519 g/mol. The first-order valence-electron chi connectivity index (χ1n) is 11.9. The van der Waals surface area contributed by atoms with Gasteiger partial charge >= 0.3 is 0 Å². The summed E-state index contributed by atoms with van der Waals surface area (Å²) in [4.78, 5) is 12.9. The number of nitrogens with one attached hydrogen (secondary N) is 1. The molecule has 1 aliphatic rings. The van der Waals surface area contributed by atoms with E-state index in [9.17, 15) is 13.2 Å². The first-order valence-corrected chi connectivity index (χ1v) is 13.3. The fourth-order valence-corrected chi connectivity index (χ4v) is 5.46. The highest BCUT2D eigenvalue weighted by molar-refractivity contribution is 7.92. The zero-order valence-electron chi connectivity index (χ0n) is 20.0. The van der Waals surface area contributed by atoms with Crippen LogP contribution in [0.4, 0.5) is 5.69 Å². The molecule has 0 aliphatic carbocycles. The fraction of sp³-hybridized carbons (Fsp3) is 0.179. The monoisotopic (exact) mass is 518 g/mol. The number of rotatable bonds is 9. The third-order valence-electron chi connectivity index (χ3n) is 5.85. The number of hydrogen-bond acceptors (Lipinski definition) is 6. The van der Waals surface area contributed by atoms with Crippen LogP contribution in [0.5, 0.6) is 17.2 Å². The molecule has 8 nitrogen and oxygen atoms in total. The Kier molecular flexibility index (Phi) is 7.14. The van der Waals surface area contributed by atoms with Gasteiger partial charge in [-0.1, -0.05) is 48.5 Å². The summed E-state index contributed by atoms with van der Waals surface area (Å²) in [5, 5.41) is 4.92. The average Bonchev–Trinajstić information content (AvgIpc) is 2.94. The van der Waals surface area contributed by atoms with Gasteiger partial charge in [0.1, 0.15) is 32.1 Å². The van der Waals surface area contributed by atoms with E-state index >= 15 is 0 Å². The Bertz CT molecular complexity index is 1510. The van der Waals surface area contributed by atoms with Crippen molar-refractivity contribution >= 4 is 32.4 Å². The van der Waals surface area contributed by atoms with E-state index in [-0.39, 0.29) is 18.0 Å². The molecular formula is C28H26N2O6S. The second-order valence-electron chi connectivity index (χ2n) is 8.36. The minimum atomic E-state index is -4.03. The molecule has 1 heterocycles.